The highest BCUT2D eigenvalue weighted by molar-refractivity contribution is 5.86. The summed E-state index contributed by atoms with van der Waals surface area (Å²) in [6, 6.07) is 0. The van der Waals surface area contributed by atoms with Crippen molar-refractivity contribution in [3.8, 4) is 0 Å². The van der Waals surface area contributed by atoms with Crippen LogP contribution in [-0.2, 0) is 14.4 Å². The summed E-state index contributed by atoms with van der Waals surface area (Å²) in [6.07, 6.45) is 2.73. The van der Waals surface area contributed by atoms with E-state index in [9.17, 15) is 19.5 Å². The molecule has 1 rings (SSSR count). The van der Waals surface area contributed by atoms with Crippen LogP contribution >= 0.6 is 0 Å². The van der Waals surface area contributed by atoms with Gasteiger partial charge in [0.05, 0.1) is 5.41 Å². The predicted molar refractivity (Wildman–Crippen MR) is 69.2 cm³/mol. The zero-order valence-corrected chi connectivity index (χ0v) is 11.5. The van der Waals surface area contributed by atoms with Gasteiger partial charge >= 0.3 is 5.97 Å². The molecule has 0 aromatic carbocycles. The summed E-state index contributed by atoms with van der Waals surface area (Å²) in [5.74, 6) is -1.75. The van der Waals surface area contributed by atoms with Gasteiger partial charge in [-0.15, -0.1) is 0 Å². The summed E-state index contributed by atoms with van der Waals surface area (Å²) >= 11 is 0. The predicted octanol–water partition coefficient (Wildman–Crippen LogP) is 0.792. The first-order valence-electron chi connectivity index (χ1n) is 6.50. The molecule has 0 atom stereocenters. The minimum Gasteiger partial charge on any atom is -0.481 e. The summed E-state index contributed by atoms with van der Waals surface area (Å²) in [4.78, 5) is 34.2. The molecular weight excluding hydrogens is 248 g/mol. The number of carbonyl (C=O) groups excluding carboxylic acids is 2. The van der Waals surface area contributed by atoms with Crippen LogP contribution < -0.4 is 11.1 Å². The van der Waals surface area contributed by atoms with E-state index < -0.39 is 22.8 Å². The van der Waals surface area contributed by atoms with E-state index in [4.69, 9.17) is 5.73 Å². The minimum absolute atomic E-state index is 0.0266. The molecule has 108 valence electrons. The van der Waals surface area contributed by atoms with E-state index in [1.165, 1.54) is 0 Å². The zero-order chi connectivity index (χ0) is 14.7. The van der Waals surface area contributed by atoms with Crippen molar-refractivity contribution in [2.45, 2.75) is 57.9 Å². The fourth-order valence-electron chi connectivity index (χ4n) is 2.73. The van der Waals surface area contributed by atoms with Crippen LogP contribution in [0, 0.1) is 5.41 Å². The smallest absolute Gasteiger partial charge is 0.310 e. The van der Waals surface area contributed by atoms with Gasteiger partial charge in [-0.25, -0.2) is 0 Å². The average molecular weight is 270 g/mol. The van der Waals surface area contributed by atoms with Crippen molar-refractivity contribution in [3.63, 3.8) is 0 Å². The molecule has 1 fully saturated rings. The normalized spacial score (nSPS) is 18.0. The van der Waals surface area contributed by atoms with Crippen LogP contribution in [0.1, 0.15) is 52.4 Å². The highest BCUT2D eigenvalue weighted by Crippen LogP contribution is 2.41. The van der Waals surface area contributed by atoms with Crippen molar-refractivity contribution in [1.82, 2.24) is 5.32 Å². The summed E-state index contributed by atoms with van der Waals surface area (Å²) < 4.78 is 0. The van der Waals surface area contributed by atoms with Gasteiger partial charge < -0.3 is 16.2 Å². The highest BCUT2D eigenvalue weighted by Gasteiger charge is 2.43. The van der Waals surface area contributed by atoms with E-state index in [1.807, 2.05) is 0 Å². The molecule has 0 spiro atoms. The largest absolute Gasteiger partial charge is 0.481 e. The van der Waals surface area contributed by atoms with Crippen LogP contribution in [0.3, 0.4) is 0 Å². The van der Waals surface area contributed by atoms with Gasteiger partial charge in [0.25, 0.3) is 0 Å². The molecule has 0 unspecified atom stereocenters. The fourth-order valence-corrected chi connectivity index (χ4v) is 2.73. The van der Waals surface area contributed by atoms with E-state index in [0.717, 1.165) is 12.8 Å². The van der Waals surface area contributed by atoms with Gasteiger partial charge in [-0.3, -0.25) is 14.4 Å². The van der Waals surface area contributed by atoms with Crippen molar-refractivity contribution in [2.75, 3.05) is 0 Å². The number of hydrogen-bond donors (Lipinski definition) is 3. The summed E-state index contributed by atoms with van der Waals surface area (Å²) in [7, 11) is 0. The highest BCUT2D eigenvalue weighted by atomic mass is 16.4. The molecular formula is C13H22N2O4. The molecule has 0 radical (unpaired) electrons. The molecule has 0 bridgehead atoms. The molecule has 2 amide bonds. The SMILES string of the molecule is CC(C)(CC(N)=O)NC(=O)CC1(C(=O)O)CCCC1. The maximum atomic E-state index is 12.0. The number of aliphatic carboxylic acids is 1. The third-order valence-electron chi connectivity index (χ3n) is 3.61. The first-order valence-corrected chi connectivity index (χ1v) is 6.50. The lowest BCUT2D eigenvalue weighted by atomic mass is 9.82. The number of rotatable bonds is 6. The Bertz CT molecular complexity index is 384. The van der Waals surface area contributed by atoms with E-state index in [2.05, 4.69) is 5.32 Å². The molecule has 19 heavy (non-hydrogen) atoms. The number of nitrogens with one attached hydrogen (secondary N) is 1. The fraction of sp³-hybridized carbons (Fsp3) is 0.769. The molecule has 1 aliphatic carbocycles. The van der Waals surface area contributed by atoms with E-state index >= 15 is 0 Å². The Morgan fingerprint density at radius 3 is 2.21 bits per heavy atom. The van der Waals surface area contributed by atoms with Crippen LogP contribution in [0.2, 0.25) is 0 Å². The number of nitrogens with two attached hydrogens (primary N) is 1. The Balaban J connectivity index is 2.64. The molecule has 1 aliphatic rings. The maximum absolute atomic E-state index is 12.0. The maximum Gasteiger partial charge on any atom is 0.310 e. The Morgan fingerprint density at radius 1 is 1.26 bits per heavy atom. The van der Waals surface area contributed by atoms with Crippen LogP contribution in [0.15, 0.2) is 0 Å². The first kappa shape index (κ1) is 15.5. The van der Waals surface area contributed by atoms with Gasteiger partial charge in [-0.05, 0) is 26.7 Å². The van der Waals surface area contributed by atoms with E-state index in [0.29, 0.717) is 12.8 Å². The average Bonchev–Trinajstić information content (AvgIpc) is 2.63. The lowest BCUT2D eigenvalue weighted by Crippen LogP contribution is -2.48. The molecule has 1 saturated carbocycles. The third-order valence-corrected chi connectivity index (χ3v) is 3.61. The lowest BCUT2D eigenvalue weighted by Gasteiger charge is -2.28. The number of carboxylic acid groups (broad SMARTS) is 1. The topological polar surface area (TPSA) is 109 Å². The monoisotopic (exact) mass is 270 g/mol. The molecule has 0 aliphatic heterocycles. The van der Waals surface area contributed by atoms with Crippen molar-refractivity contribution in [2.24, 2.45) is 11.1 Å². The zero-order valence-electron chi connectivity index (χ0n) is 11.5. The molecule has 4 N–H and O–H groups in total. The van der Waals surface area contributed by atoms with Crippen LogP contribution in [0.5, 0.6) is 0 Å². The Morgan fingerprint density at radius 2 is 1.79 bits per heavy atom. The minimum atomic E-state index is -0.938. The second-order valence-electron chi connectivity index (χ2n) is 6.04. The second kappa shape index (κ2) is 5.59. The second-order valence-corrected chi connectivity index (χ2v) is 6.04. The van der Waals surface area contributed by atoms with Gasteiger partial charge in [-0.2, -0.15) is 0 Å². The number of carbonyl (C=O) groups is 3. The molecule has 0 saturated heterocycles. The Hall–Kier alpha value is -1.59. The lowest BCUT2D eigenvalue weighted by molar-refractivity contribution is -0.151. The molecule has 0 aromatic rings. The standard InChI is InChI=1S/C13H22N2O4/c1-12(2,7-9(14)16)15-10(17)8-13(11(18)19)5-3-4-6-13/h3-8H2,1-2H3,(H2,14,16)(H,15,17)(H,18,19). The number of carboxylic acids is 1. The van der Waals surface area contributed by atoms with Gasteiger partial charge in [0.15, 0.2) is 0 Å². The van der Waals surface area contributed by atoms with Crippen LogP contribution in [-0.4, -0.2) is 28.4 Å². The molecule has 6 heteroatoms. The van der Waals surface area contributed by atoms with Crippen LogP contribution in [0.25, 0.3) is 0 Å². The van der Waals surface area contributed by atoms with Gasteiger partial charge in [-0.1, -0.05) is 12.8 Å². The van der Waals surface area contributed by atoms with Crippen molar-refractivity contribution < 1.29 is 19.5 Å². The Kier molecular flexibility index (Phi) is 4.55. The number of hydrogen-bond acceptors (Lipinski definition) is 3. The quantitative estimate of drug-likeness (QED) is 0.662. The Labute approximate surface area is 112 Å². The summed E-state index contributed by atoms with van der Waals surface area (Å²) in [5.41, 5.74) is 3.42. The summed E-state index contributed by atoms with van der Waals surface area (Å²) in [6.45, 7) is 3.38. The first-order chi connectivity index (χ1) is 8.67. The number of amides is 2. The van der Waals surface area contributed by atoms with Crippen LogP contribution in [0.4, 0.5) is 0 Å². The molecule has 0 aromatic heterocycles. The van der Waals surface area contributed by atoms with Crippen molar-refractivity contribution in [1.29, 1.82) is 0 Å². The van der Waals surface area contributed by atoms with E-state index in [-0.39, 0.29) is 18.7 Å². The van der Waals surface area contributed by atoms with Gasteiger partial charge in [0, 0.05) is 18.4 Å². The molecule has 6 nitrogen and oxygen atoms in total. The van der Waals surface area contributed by atoms with Gasteiger partial charge in [0.2, 0.25) is 11.8 Å². The van der Waals surface area contributed by atoms with Gasteiger partial charge in [0.1, 0.15) is 0 Å². The van der Waals surface area contributed by atoms with Crippen molar-refractivity contribution >= 4 is 17.8 Å². The summed E-state index contributed by atoms with van der Waals surface area (Å²) in [5, 5.41) is 12.0. The third kappa shape index (κ3) is 4.22. The van der Waals surface area contributed by atoms with E-state index in [1.54, 1.807) is 13.8 Å². The number of primary amides is 1. The van der Waals surface area contributed by atoms with Crippen molar-refractivity contribution in [3.05, 3.63) is 0 Å². The molecule has 0 heterocycles.